The standard InChI is InChI=1S/C21H23BrN2O3S/c1-15-14-17-4-2-3-5-20(17)24(15)21(25)16-10-12-23(13-11-16)28(26,27)19-8-6-18(22)7-9-19/h2-9,15-16H,10-14H2,1H3/t15-/m0/s1. The number of rotatable bonds is 3. The lowest BCUT2D eigenvalue weighted by Gasteiger charge is -2.34. The minimum Gasteiger partial charge on any atom is -0.309 e. The molecular weight excluding hydrogens is 440 g/mol. The molecule has 2 aliphatic heterocycles. The van der Waals surface area contributed by atoms with Gasteiger partial charge in [-0.1, -0.05) is 34.1 Å². The van der Waals surface area contributed by atoms with Gasteiger partial charge in [0.05, 0.1) is 4.90 Å². The van der Waals surface area contributed by atoms with Crippen molar-refractivity contribution in [2.24, 2.45) is 5.92 Å². The van der Waals surface area contributed by atoms with Crippen LogP contribution in [0.4, 0.5) is 5.69 Å². The summed E-state index contributed by atoms with van der Waals surface area (Å²) in [6.07, 6.45) is 1.98. The summed E-state index contributed by atoms with van der Waals surface area (Å²) in [5.74, 6) is -0.0110. The minimum absolute atomic E-state index is 0.123. The van der Waals surface area contributed by atoms with Crippen molar-refractivity contribution in [2.75, 3.05) is 18.0 Å². The van der Waals surface area contributed by atoms with Gasteiger partial charge < -0.3 is 4.90 Å². The molecule has 7 heteroatoms. The number of benzene rings is 2. The Hall–Kier alpha value is -1.70. The molecule has 1 saturated heterocycles. The van der Waals surface area contributed by atoms with Crippen LogP contribution in [0.2, 0.25) is 0 Å². The van der Waals surface area contributed by atoms with Gasteiger partial charge in [-0.25, -0.2) is 8.42 Å². The molecule has 2 heterocycles. The van der Waals surface area contributed by atoms with Gasteiger partial charge in [0, 0.05) is 35.2 Å². The maximum Gasteiger partial charge on any atom is 0.243 e. The Balaban J connectivity index is 1.46. The normalized spacial score (nSPS) is 20.9. The van der Waals surface area contributed by atoms with E-state index < -0.39 is 10.0 Å². The molecule has 2 aromatic rings. The summed E-state index contributed by atoms with van der Waals surface area (Å²) in [4.78, 5) is 15.4. The van der Waals surface area contributed by atoms with Gasteiger partial charge >= 0.3 is 0 Å². The van der Waals surface area contributed by atoms with Gasteiger partial charge in [0.15, 0.2) is 0 Å². The Morgan fingerprint density at radius 3 is 2.36 bits per heavy atom. The fourth-order valence-corrected chi connectivity index (χ4v) is 5.93. The molecule has 5 nitrogen and oxygen atoms in total. The average Bonchev–Trinajstić information content (AvgIpc) is 3.03. The zero-order valence-corrected chi connectivity index (χ0v) is 18.1. The molecule has 1 fully saturated rings. The summed E-state index contributed by atoms with van der Waals surface area (Å²) in [6.45, 7) is 2.82. The molecule has 0 N–H and O–H groups in total. The van der Waals surface area contributed by atoms with Crippen molar-refractivity contribution in [3.05, 3.63) is 58.6 Å². The molecule has 0 saturated carbocycles. The van der Waals surface area contributed by atoms with Crippen LogP contribution in [-0.4, -0.2) is 37.8 Å². The third-order valence-electron chi connectivity index (χ3n) is 5.70. The number of para-hydroxylation sites is 1. The summed E-state index contributed by atoms with van der Waals surface area (Å²) < 4.78 is 28.1. The highest BCUT2D eigenvalue weighted by atomic mass is 79.9. The first-order valence-corrected chi connectivity index (χ1v) is 11.8. The van der Waals surface area contributed by atoms with Crippen molar-refractivity contribution in [1.82, 2.24) is 4.31 Å². The summed E-state index contributed by atoms with van der Waals surface area (Å²) in [7, 11) is -3.52. The van der Waals surface area contributed by atoms with Crippen LogP contribution in [0.5, 0.6) is 0 Å². The minimum atomic E-state index is -3.52. The molecule has 0 unspecified atom stereocenters. The summed E-state index contributed by atoms with van der Waals surface area (Å²) in [5, 5.41) is 0. The van der Waals surface area contributed by atoms with Crippen LogP contribution in [0, 0.1) is 5.92 Å². The third-order valence-corrected chi connectivity index (χ3v) is 8.14. The van der Waals surface area contributed by atoms with Crippen LogP contribution in [0.1, 0.15) is 25.3 Å². The quantitative estimate of drug-likeness (QED) is 0.696. The topological polar surface area (TPSA) is 57.7 Å². The molecule has 28 heavy (non-hydrogen) atoms. The second-order valence-electron chi connectivity index (χ2n) is 7.52. The lowest BCUT2D eigenvalue weighted by Crippen LogP contribution is -2.46. The number of fused-ring (bicyclic) bond motifs is 1. The Labute approximate surface area is 174 Å². The van der Waals surface area contributed by atoms with Crippen molar-refractivity contribution in [3.63, 3.8) is 0 Å². The zero-order chi connectivity index (χ0) is 19.9. The zero-order valence-electron chi connectivity index (χ0n) is 15.7. The van der Waals surface area contributed by atoms with Crippen LogP contribution in [0.25, 0.3) is 0 Å². The predicted molar refractivity (Wildman–Crippen MR) is 113 cm³/mol. The molecule has 148 valence electrons. The monoisotopic (exact) mass is 462 g/mol. The number of anilines is 1. The van der Waals surface area contributed by atoms with E-state index >= 15 is 0 Å². The number of piperidine rings is 1. The Kier molecular flexibility index (Phi) is 5.33. The molecule has 2 aromatic carbocycles. The average molecular weight is 463 g/mol. The first-order chi connectivity index (χ1) is 13.4. The first-order valence-electron chi connectivity index (χ1n) is 9.54. The van der Waals surface area contributed by atoms with Gasteiger partial charge in [0.1, 0.15) is 0 Å². The number of amides is 1. The molecule has 0 radical (unpaired) electrons. The second kappa shape index (κ2) is 7.61. The summed E-state index contributed by atoms with van der Waals surface area (Å²) in [5.41, 5.74) is 2.21. The molecule has 1 atom stereocenters. The van der Waals surface area contributed by atoms with E-state index in [1.807, 2.05) is 23.1 Å². The molecular formula is C21H23BrN2O3S. The number of sulfonamides is 1. The lowest BCUT2D eigenvalue weighted by atomic mass is 9.96. The van der Waals surface area contributed by atoms with Crippen LogP contribution in [0.3, 0.4) is 0 Å². The molecule has 0 aliphatic carbocycles. The maximum atomic E-state index is 13.2. The molecule has 2 aliphatic rings. The maximum absolute atomic E-state index is 13.2. The number of carbonyl (C=O) groups is 1. The summed E-state index contributed by atoms with van der Waals surface area (Å²) in [6, 6.07) is 14.9. The fraction of sp³-hybridized carbons (Fsp3) is 0.381. The number of hydrogen-bond donors (Lipinski definition) is 0. The number of carbonyl (C=O) groups excluding carboxylic acids is 1. The highest BCUT2D eigenvalue weighted by Gasteiger charge is 2.38. The molecule has 0 spiro atoms. The van der Waals surface area contributed by atoms with Crippen molar-refractivity contribution in [1.29, 1.82) is 0 Å². The summed E-state index contributed by atoms with van der Waals surface area (Å²) >= 11 is 3.33. The number of nitrogens with zero attached hydrogens (tertiary/aromatic N) is 2. The highest BCUT2D eigenvalue weighted by Crippen LogP contribution is 2.35. The molecule has 0 bridgehead atoms. The Morgan fingerprint density at radius 1 is 1.04 bits per heavy atom. The van der Waals surface area contributed by atoms with E-state index in [2.05, 4.69) is 28.9 Å². The predicted octanol–water partition coefficient (Wildman–Crippen LogP) is 3.83. The SMILES string of the molecule is C[C@H]1Cc2ccccc2N1C(=O)C1CCN(S(=O)(=O)c2ccc(Br)cc2)CC1. The van der Waals surface area contributed by atoms with E-state index in [1.165, 1.54) is 9.87 Å². The third kappa shape index (κ3) is 3.51. The van der Waals surface area contributed by atoms with E-state index in [9.17, 15) is 13.2 Å². The van der Waals surface area contributed by atoms with Gasteiger partial charge in [-0.15, -0.1) is 0 Å². The van der Waals surface area contributed by atoms with E-state index in [0.717, 1.165) is 16.6 Å². The number of hydrogen-bond acceptors (Lipinski definition) is 3. The lowest BCUT2D eigenvalue weighted by molar-refractivity contribution is -0.123. The van der Waals surface area contributed by atoms with Crippen molar-refractivity contribution < 1.29 is 13.2 Å². The smallest absolute Gasteiger partial charge is 0.243 e. The molecule has 1 amide bonds. The second-order valence-corrected chi connectivity index (χ2v) is 10.4. The molecule has 4 rings (SSSR count). The number of halogens is 1. The van der Waals surface area contributed by atoms with Gasteiger partial charge in [-0.3, -0.25) is 4.79 Å². The van der Waals surface area contributed by atoms with E-state index in [4.69, 9.17) is 0 Å². The van der Waals surface area contributed by atoms with Gasteiger partial charge in [0.2, 0.25) is 15.9 Å². The fourth-order valence-electron chi connectivity index (χ4n) is 4.20. The largest absolute Gasteiger partial charge is 0.309 e. The van der Waals surface area contributed by atoms with Crippen molar-refractivity contribution >= 4 is 37.5 Å². The Bertz CT molecular complexity index is 983. The van der Waals surface area contributed by atoms with Crippen molar-refractivity contribution in [3.8, 4) is 0 Å². The van der Waals surface area contributed by atoms with Gasteiger partial charge in [0.25, 0.3) is 0 Å². The van der Waals surface area contributed by atoms with Gasteiger partial charge in [-0.2, -0.15) is 4.31 Å². The molecule has 0 aromatic heterocycles. The van der Waals surface area contributed by atoms with Crippen LogP contribution >= 0.6 is 15.9 Å². The van der Waals surface area contributed by atoms with Crippen molar-refractivity contribution in [2.45, 2.75) is 37.1 Å². The van der Waals surface area contributed by atoms with E-state index in [-0.39, 0.29) is 17.9 Å². The van der Waals surface area contributed by atoms with E-state index in [1.54, 1.807) is 24.3 Å². The van der Waals surface area contributed by atoms with Crippen LogP contribution < -0.4 is 4.90 Å². The van der Waals surface area contributed by atoms with E-state index in [0.29, 0.717) is 30.8 Å². The van der Waals surface area contributed by atoms with Gasteiger partial charge in [-0.05, 0) is 62.1 Å². The van der Waals surface area contributed by atoms with Crippen LogP contribution in [-0.2, 0) is 21.2 Å². The highest BCUT2D eigenvalue weighted by molar-refractivity contribution is 9.10. The first kappa shape index (κ1) is 19.6. The van der Waals surface area contributed by atoms with Crippen LogP contribution in [0.15, 0.2) is 57.9 Å². The Morgan fingerprint density at radius 2 is 1.68 bits per heavy atom.